The Balaban J connectivity index is 2.35. The lowest BCUT2D eigenvalue weighted by molar-refractivity contribution is -0.384. The summed E-state index contributed by atoms with van der Waals surface area (Å²) in [6.07, 6.45) is 0.812. The van der Waals surface area contributed by atoms with Crippen molar-refractivity contribution in [3.05, 3.63) is 33.3 Å². The first kappa shape index (κ1) is 17.6. The number of carbonyl (C=O) groups is 1. The Morgan fingerprint density at radius 2 is 2.35 bits per heavy atom. The van der Waals surface area contributed by atoms with Crippen LogP contribution in [0.25, 0.3) is 0 Å². The van der Waals surface area contributed by atoms with E-state index in [2.05, 4.69) is 10.3 Å². The van der Waals surface area contributed by atoms with Crippen molar-refractivity contribution >= 4 is 45.9 Å². The zero-order chi connectivity index (χ0) is 17.0. The lowest BCUT2D eigenvalue weighted by atomic mass is 10.2. The van der Waals surface area contributed by atoms with E-state index in [9.17, 15) is 14.9 Å². The van der Waals surface area contributed by atoms with E-state index in [-0.39, 0.29) is 10.9 Å². The quantitative estimate of drug-likeness (QED) is 0.657. The third kappa shape index (κ3) is 4.35. The second-order valence-corrected chi connectivity index (χ2v) is 6.90. The summed E-state index contributed by atoms with van der Waals surface area (Å²) in [6, 6.07) is 4.04. The van der Waals surface area contributed by atoms with Crippen LogP contribution in [0.1, 0.15) is 20.3 Å². The van der Waals surface area contributed by atoms with Crippen molar-refractivity contribution in [2.24, 2.45) is 4.99 Å². The standard InChI is InChI=1S/C14H17ClN4O3S/c1-3-6-16-13(20)17-14-18(8-9(2)23-14)11-5-4-10(15)7-12(11)19(21)22/h4-5,7,9H,3,6,8H2,1-2H3,(H,16,20)/t9-/m1/s1. The summed E-state index contributed by atoms with van der Waals surface area (Å²) < 4.78 is 0. The highest BCUT2D eigenvalue weighted by Crippen LogP contribution is 2.37. The monoisotopic (exact) mass is 356 g/mol. The molecule has 1 heterocycles. The van der Waals surface area contributed by atoms with Gasteiger partial charge in [0.1, 0.15) is 5.69 Å². The van der Waals surface area contributed by atoms with Gasteiger partial charge in [-0.15, -0.1) is 0 Å². The number of nitro benzene ring substituents is 1. The van der Waals surface area contributed by atoms with Crippen molar-refractivity contribution in [1.29, 1.82) is 0 Å². The first-order valence-corrected chi connectivity index (χ1v) is 8.42. The Kier molecular flexibility index (Phi) is 5.84. The number of amides is 2. The van der Waals surface area contributed by atoms with Crippen LogP contribution in [-0.2, 0) is 0 Å². The van der Waals surface area contributed by atoms with Crippen LogP contribution in [0.2, 0.25) is 5.02 Å². The summed E-state index contributed by atoms with van der Waals surface area (Å²) in [5.41, 5.74) is 0.284. The van der Waals surface area contributed by atoms with Crippen molar-refractivity contribution in [2.45, 2.75) is 25.5 Å². The number of nitrogens with one attached hydrogen (secondary N) is 1. The summed E-state index contributed by atoms with van der Waals surface area (Å²) in [4.78, 5) is 28.3. The molecule has 1 N–H and O–H groups in total. The van der Waals surface area contributed by atoms with Crippen molar-refractivity contribution in [3.63, 3.8) is 0 Å². The molecule has 0 bridgehead atoms. The molecule has 1 saturated heterocycles. The average molecular weight is 357 g/mol. The molecule has 2 rings (SSSR count). The normalized spacial score (nSPS) is 19.2. The number of aliphatic imine (C=N–C) groups is 1. The molecule has 0 aromatic heterocycles. The molecule has 0 saturated carbocycles. The van der Waals surface area contributed by atoms with Crippen molar-refractivity contribution in [3.8, 4) is 0 Å². The Bertz CT molecular complexity index is 653. The molecule has 9 heteroatoms. The predicted octanol–water partition coefficient (Wildman–Crippen LogP) is 3.67. The fourth-order valence-electron chi connectivity index (χ4n) is 2.13. The van der Waals surface area contributed by atoms with Crippen molar-refractivity contribution < 1.29 is 9.72 Å². The van der Waals surface area contributed by atoms with Gasteiger partial charge in [-0.25, -0.2) is 4.79 Å². The topological polar surface area (TPSA) is 87.8 Å². The average Bonchev–Trinajstić information content (AvgIpc) is 2.85. The first-order chi connectivity index (χ1) is 10.9. The van der Waals surface area contributed by atoms with Gasteiger partial charge in [0.2, 0.25) is 0 Å². The number of urea groups is 1. The fourth-order valence-corrected chi connectivity index (χ4v) is 3.32. The SMILES string of the molecule is CCCNC(=O)N=C1S[C@H](C)CN1c1ccc(Cl)cc1[N+](=O)[O-]. The first-order valence-electron chi connectivity index (χ1n) is 7.17. The zero-order valence-corrected chi connectivity index (χ0v) is 14.4. The third-order valence-electron chi connectivity index (χ3n) is 3.13. The number of rotatable bonds is 4. The summed E-state index contributed by atoms with van der Waals surface area (Å²) in [5.74, 6) is 0. The number of hydrogen-bond donors (Lipinski definition) is 1. The van der Waals surface area contributed by atoms with E-state index in [0.29, 0.717) is 29.0 Å². The molecule has 1 aromatic carbocycles. The molecular weight excluding hydrogens is 340 g/mol. The number of amidine groups is 1. The highest BCUT2D eigenvalue weighted by molar-refractivity contribution is 8.15. The summed E-state index contributed by atoms with van der Waals surface area (Å²) in [7, 11) is 0. The van der Waals surface area contributed by atoms with Crippen LogP contribution in [0.15, 0.2) is 23.2 Å². The van der Waals surface area contributed by atoms with E-state index in [4.69, 9.17) is 11.6 Å². The number of benzene rings is 1. The molecular formula is C14H17ClN4O3S. The maximum absolute atomic E-state index is 11.8. The predicted molar refractivity (Wildman–Crippen MR) is 93.6 cm³/mol. The lowest BCUT2D eigenvalue weighted by Crippen LogP contribution is -2.28. The smallest absolute Gasteiger partial charge is 0.336 e. The molecule has 2 amide bonds. The van der Waals surface area contributed by atoms with E-state index in [1.165, 1.54) is 17.8 Å². The van der Waals surface area contributed by atoms with Gasteiger partial charge < -0.3 is 10.2 Å². The van der Waals surface area contributed by atoms with Gasteiger partial charge >= 0.3 is 6.03 Å². The largest absolute Gasteiger partial charge is 0.343 e. The molecule has 1 aliphatic rings. The minimum atomic E-state index is -0.482. The van der Waals surface area contributed by atoms with Gasteiger partial charge in [0.15, 0.2) is 5.17 Å². The van der Waals surface area contributed by atoms with E-state index >= 15 is 0 Å². The third-order valence-corrected chi connectivity index (χ3v) is 4.43. The lowest BCUT2D eigenvalue weighted by Gasteiger charge is -2.18. The molecule has 1 atom stereocenters. The molecule has 0 radical (unpaired) electrons. The number of anilines is 1. The maximum atomic E-state index is 11.8. The van der Waals surface area contributed by atoms with E-state index in [1.807, 2.05) is 13.8 Å². The van der Waals surface area contributed by atoms with Crippen LogP contribution in [0, 0.1) is 10.1 Å². The van der Waals surface area contributed by atoms with Crippen molar-refractivity contribution in [1.82, 2.24) is 5.32 Å². The van der Waals surface area contributed by atoms with Gasteiger partial charge in [-0.05, 0) is 18.6 Å². The fraction of sp³-hybridized carbons (Fsp3) is 0.429. The van der Waals surface area contributed by atoms with Gasteiger partial charge in [0.25, 0.3) is 5.69 Å². The molecule has 0 unspecified atom stereocenters. The molecule has 1 aromatic rings. The number of halogens is 1. The van der Waals surface area contributed by atoms with Crippen LogP contribution in [0.5, 0.6) is 0 Å². The molecule has 0 spiro atoms. The highest BCUT2D eigenvalue weighted by atomic mass is 35.5. The van der Waals surface area contributed by atoms with E-state index < -0.39 is 11.0 Å². The second kappa shape index (κ2) is 7.65. The van der Waals surface area contributed by atoms with Crippen LogP contribution >= 0.6 is 23.4 Å². The Labute approximate surface area is 143 Å². The number of nitrogens with zero attached hydrogens (tertiary/aromatic N) is 3. The van der Waals surface area contributed by atoms with Gasteiger partial charge in [0.05, 0.1) is 4.92 Å². The van der Waals surface area contributed by atoms with Gasteiger partial charge in [-0.2, -0.15) is 4.99 Å². The number of thioether (sulfide) groups is 1. The minimum Gasteiger partial charge on any atom is -0.336 e. The number of carbonyl (C=O) groups excluding carboxylic acids is 1. The molecule has 1 aliphatic heterocycles. The molecule has 23 heavy (non-hydrogen) atoms. The van der Waals surface area contributed by atoms with Crippen LogP contribution < -0.4 is 10.2 Å². The van der Waals surface area contributed by atoms with E-state index in [0.717, 1.165) is 6.42 Å². The minimum absolute atomic E-state index is 0.103. The number of nitro groups is 1. The maximum Gasteiger partial charge on any atom is 0.343 e. The van der Waals surface area contributed by atoms with Gasteiger partial charge in [-0.1, -0.05) is 37.2 Å². The molecule has 1 fully saturated rings. The summed E-state index contributed by atoms with van der Waals surface area (Å²) in [5, 5.41) is 14.9. The Hall–Kier alpha value is -1.80. The summed E-state index contributed by atoms with van der Waals surface area (Å²) in [6.45, 7) is 5.00. The molecule has 0 aliphatic carbocycles. The van der Waals surface area contributed by atoms with E-state index in [1.54, 1.807) is 17.0 Å². The van der Waals surface area contributed by atoms with Gasteiger partial charge in [0, 0.05) is 29.4 Å². The Morgan fingerprint density at radius 1 is 1.61 bits per heavy atom. The van der Waals surface area contributed by atoms with Crippen LogP contribution in [-0.4, -0.2) is 34.5 Å². The van der Waals surface area contributed by atoms with Crippen LogP contribution in [0.3, 0.4) is 0 Å². The summed E-state index contributed by atoms with van der Waals surface area (Å²) >= 11 is 7.27. The van der Waals surface area contributed by atoms with Crippen LogP contribution in [0.4, 0.5) is 16.2 Å². The highest BCUT2D eigenvalue weighted by Gasteiger charge is 2.32. The Morgan fingerprint density at radius 3 is 3.00 bits per heavy atom. The zero-order valence-electron chi connectivity index (χ0n) is 12.8. The molecule has 124 valence electrons. The number of hydrogen-bond acceptors (Lipinski definition) is 4. The molecule has 7 nitrogen and oxygen atoms in total. The van der Waals surface area contributed by atoms with Gasteiger partial charge in [-0.3, -0.25) is 10.1 Å². The van der Waals surface area contributed by atoms with Crippen molar-refractivity contribution in [2.75, 3.05) is 18.0 Å². The second-order valence-electron chi connectivity index (χ2n) is 5.06.